The van der Waals surface area contributed by atoms with Crippen molar-refractivity contribution in [1.29, 1.82) is 0 Å². The summed E-state index contributed by atoms with van der Waals surface area (Å²) in [5.74, 6) is 1.81. The van der Waals surface area contributed by atoms with Crippen LogP contribution in [0.2, 0.25) is 5.02 Å². The Morgan fingerprint density at radius 2 is 1.59 bits per heavy atom. The van der Waals surface area contributed by atoms with E-state index in [0.717, 1.165) is 47.1 Å². The van der Waals surface area contributed by atoms with Crippen molar-refractivity contribution >= 4 is 33.4 Å². The lowest BCUT2D eigenvalue weighted by Crippen LogP contribution is -2.28. The second kappa shape index (κ2) is 12.2. The first-order valence-corrected chi connectivity index (χ1v) is 13.0. The first-order valence-electron chi connectivity index (χ1n) is 12.7. The van der Waals surface area contributed by atoms with Gasteiger partial charge in [0.1, 0.15) is 18.2 Å². The van der Waals surface area contributed by atoms with Gasteiger partial charge in [0.2, 0.25) is 0 Å². The number of aromatic nitrogens is 2. The number of unbranched alkanes of at least 4 members (excludes halogenated alkanes) is 2. The third-order valence-corrected chi connectivity index (χ3v) is 6.63. The minimum Gasteiger partial charge on any atom is -0.486 e. The Morgan fingerprint density at radius 1 is 0.853 bits per heavy atom. The van der Waals surface area contributed by atoms with Crippen molar-refractivity contribution < 1.29 is 4.74 Å². The number of fused-ring (bicyclic) bond motifs is 2. The van der Waals surface area contributed by atoms with Gasteiger partial charge in [-0.3, -0.25) is 0 Å². The summed E-state index contributed by atoms with van der Waals surface area (Å²) in [6, 6.07) is 20.5. The molecule has 0 bridgehead atoms. The molecule has 4 rings (SSSR count). The second-order valence-electron chi connectivity index (χ2n) is 9.01. The number of aryl methyl sites for hydroxylation is 1. The number of ether oxygens (including phenoxy) is 1. The molecule has 0 spiro atoms. The molecule has 0 aliphatic carbocycles. The standard InChI is InChI=1S/C29H36ClN3O/c1-3-5-16-32(17-6-4-2)18-9-19-33-28-21-25(30)13-15-27(28)31-29(33)22-34-26-14-12-23-10-7-8-11-24(23)20-26/h7-8,10-15,20-21H,3-6,9,16-19,22H2,1-2H3. The lowest BCUT2D eigenvalue weighted by atomic mass is 10.1. The molecule has 0 N–H and O–H groups in total. The molecule has 0 saturated heterocycles. The van der Waals surface area contributed by atoms with Crippen molar-refractivity contribution in [2.24, 2.45) is 0 Å². The lowest BCUT2D eigenvalue weighted by molar-refractivity contribution is 0.254. The van der Waals surface area contributed by atoms with Gasteiger partial charge in [-0.25, -0.2) is 4.98 Å². The normalized spacial score (nSPS) is 11.6. The van der Waals surface area contributed by atoms with Crippen LogP contribution >= 0.6 is 11.6 Å². The molecule has 0 unspecified atom stereocenters. The highest BCUT2D eigenvalue weighted by atomic mass is 35.5. The zero-order valence-corrected chi connectivity index (χ0v) is 21.2. The van der Waals surface area contributed by atoms with Crippen LogP contribution < -0.4 is 4.74 Å². The van der Waals surface area contributed by atoms with Gasteiger partial charge >= 0.3 is 0 Å². The van der Waals surface area contributed by atoms with Crippen molar-refractivity contribution in [3.05, 3.63) is 71.5 Å². The lowest BCUT2D eigenvalue weighted by Gasteiger charge is -2.22. The molecular formula is C29H36ClN3O. The van der Waals surface area contributed by atoms with E-state index in [1.54, 1.807) is 0 Å². The largest absolute Gasteiger partial charge is 0.486 e. The maximum Gasteiger partial charge on any atom is 0.147 e. The first-order chi connectivity index (χ1) is 16.7. The average molecular weight is 478 g/mol. The maximum atomic E-state index is 6.35. The topological polar surface area (TPSA) is 30.3 Å². The third-order valence-electron chi connectivity index (χ3n) is 6.39. The summed E-state index contributed by atoms with van der Waals surface area (Å²) in [5.41, 5.74) is 2.05. The number of hydrogen-bond donors (Lipinski definition) is 0. The highest BCUT2D eigenvalue weighted by Gasteiger charge is 2.13. The fraction of sp³-hybridized carbons (Fsp3) is 0.414. The van der Waals surface area contributed by atoms with Gasteiger partial charge < -0.3 is 14.2 Å². The summed E-state index contributed by atoms with van der Waals surface area (Å²) in [7, 11) is 0. The van der Waals surface area contributed by atoms with Crippen molar-refractivity contribution in [2.75, 3.05) is 19.6 Å². The summed E-state index contributed by atoms with van der Waals surface area (Å²) in [6.45, 7) is 9.34. The zero-order chi connectivity index (χ0) is 23.8. The van der Waals surface area contributed by atoms with Gasteiger partial charge in [-0.15, -0.1) is 0 Å². The van der Waals surface area contributed by atoms with Gasteiger partial charge in [-0.1, -0.05) is 68.6 Å². The Kier molecular flexibility index (Phi) is 8.84. The van der Waals surface area contributed by atoms with Crippen LogP contribution in [0.15, 0.2) is 60.7 Å². The molecule has 5 heteroatoms. The summed E-state index contributed by atoms with van der Waals surface area (Å²) < 4.78 is 8.50. The first kappa shape index (κ1) is 24.6. The van der Waals surface area contributed by atoms with Gasteiger partial charge in [0.05, 0.1) is 11.0 Å². The van der Waals surface area contributed by atoms with Crippen LogP contribution in [0.4, 0.5) is 0 Å². The molecule has 0 saturated carbocycles. The predicted octanol–water partition coefficient (Wildman–Crippen LogP) is 7.71. The Labute approximate surface area is 208 Å². The molecule has 0 aliphatic rings. The molecule has 0 radical (unpaired) electrons. The van der Waals surface area contributed by atoms with Crippen LogP contribution in [-0.4, -0.2) is 34.1 Å². The molecule has 4 aromatic rings. The van der Waals surface area contributed by atoms with E-state index in [-0.39, 0.29) is 0 Å². The number of hydrogen-bond acceptors (Lipinski definition) is 3. The van der Waals surface area contributed by atoms with Crippen LogP contribution in [-0.2, 0) is 13.2 Å². The Bertz CT molecular complexity index is 1190. The highest BCUT2D eigenvalue weighted by molar-refractivity contribution is 6.31. The van der Waals surface area contributed by atoms with Crippen LogP contribution in [0.25, 0.3) is 21.8 Å². The summed E-state index contributed by atoms with van der Waals surface area (Å²) in [4.78, 5) is 7.51. The molecule has 0 fully saturated rings. The maximum absolute atomic E-state index is 6.35. The molecule has 34 heavy (non-hydrogen) atoms. The van der Waals surface area contributed by atoms with Gasteiger partial charge in [-0.2, -0.15) is 0 Å². The van der Waals surface area contributed by atoms with E-state index in [9.17, 15) is 0 Å². The van der Waals surface area contributed by atoms with E-state index in [1.165, 1.54) is 49.5 Å². The quantitative estimate of drug-likeness (QED) is 0.197. The summed E-state index contributed by atoms with van der Waals surface area (Å²) >= 11 is 6.35. The SMILES string of the molecule is CCCCN(CCCC)CCCn1c(COc2ccc3ccccc3c2)nc2ccc(Cl)cc21. The molecule has 4 nitrogen and oxygen atoms in total. The Morgan fingerprint density at radius 3 is 2.35 bits per heavy atom. The summed E-state index contributed by atoms with van der Waals surface area (Å²) in [6.07, 6.45) is 6.08. The minimum absolute atomic E-state index is 0.431. The number of nitrogens with zero attached hydrogens (tertiary/aromatic N) is 3. The fourth-order valence-electron chi connectivity index (χ4n) is 4.46. The molecule has 0 atom stereocenters. The molecule has 1 heterocycles. The Hall–Kier alpha value is -2.56. The molecule has 180 valence electrons. The Balaban J connectivity index is 1.48. The fourth-order valence-corrected chi connectivity index (χ4v) is 4.63. The molecule has 3 aromatic carbocycles. The monoisotopic (exact) mass is 477 g/mol. The van der Waals surface area contributed by atoms with Crippen LogP contribution in [0.3, 0.4) is 0 Å². The number of benzene rings is 3. The second-order valence-corrected chi connectivity index (χ2v) is 9.45. The smallest absolute Gasteiger partial charge is 0.147 e. The molecule has 0 amide bonds. The molecular weight excluding hydrogens is 442 g/mol. The van der Waals surface area contributed by atoms with Crippen molar-refractivity contribution in [2.45, 2.75) is 59.1 Å². The predicted molar refractivity (Wildman–Crippen MR) is 144 cm³/mol. The van der Waals surface area contributed by atoms with E-state index >= 15 is 0 Å². The van der Waals surface area contributed by atoms with E-state index in [4.69, 9.17) is 21.3 Å². The number of imidazole rings is 1. The van der Waals surface area contributed by atoms with Crippen molar-refractivity contribution in [1.82, 2.24) is 14.5 Å². The van der Waals surface area contributed by atoms with Crippen LogP contribution in [0.5, 0.6) is 5.75 Å². The number of rotatable bonds is 13. The van der Waals surface area contributed by atoms with Gasteiger partial charge in [0.25, 0.3) is 0 Å². The van der Waals surface area contributed by atoms with Crippen LogP contribution in [0, 0.1) is 0 Å². The summed E-state index contributed by atoms with van der Waals surface area (Å²) in [5, 5.41) is 3.13. The highest BCUT2D eigenvalue weighted by Crippen LogP contribution is 2.24. The van der Waals surface area contributed by atoms with Gasteiger partial charge in [0, 0.05) is 11.6 Å². The van der Waals surface area contributed by atoms with Crippen molar-refractivity contribution in [3.8, 4) is 5.75 Å². The van der Waals surface area contributed by atoms with E-state index in [1.807, 2.05) is 24.3 Å². The van der Waals surface area contributed by atoms with E-state index in [0.29, 0.717) is 6.61 Å². The van der Waals surface area contributed by atoms with Crippen molar-refractivity contribution in [3.63, 3.8) is 0 Å². The zero-order valence-electron chi connectivity index (χ0n) is 20.5. The third kappa shape index (κ3) is 6.31. The molecule has 1 aromatic heterocycles. The van der Waals surface area contributed by atoms with E-state index in [2.05, 4.69) is 59.7 Å². The van der Waals surface area contributed by atoms with Gasteiger partial charge in [0.15, 0.2) is 0 Å². The number of halogens is 1. The average Bonchev–Trinajstić information content (AvgIpc) is 3.20. The van der Waals surface area contributed by atoms with E-state index < -0.39 is 0 Å². The van der Waals surface area contributed by atoms with Gasteiger partial charge in [-0.05, 0) is 80.0 Å². The van der Waals surface area contributed by atoms with Crippen LogP contribution in [0.1, 0.15) is 51.8 Å². The molecule has 0 aliphatic heterocycles. The minimum atomic E-state index is 0.431.